The van der Waals surface area contributed by atoms with Gasteiger partial charge in [-0.3, -0.25) is 5.32 Å². The second kappa shape index (κ2) is 6.07. The molecule has 0 amide bonds. The minimum Gasteiger partial charge on any atom is -0.508 e. The van der Waals surface area contributed by atoms with Crippen LogP contribution in [0.1, 0.15) is 18.9 Å². The molecule has 0 fully saturated rings. The zero-order chi connectivity index (χ0) is 12.7. The minimum absolute atomic E-state index is 0.265. The highest BCUT2D eigenvalue weighted by Crippen LogP contribution is 2.16. The largest absolute Gasteiger partial charge is 0.508 e. The first-order chi connectivity index (χ1) is 8.09. The molecule has 1 unspecified atom stereocenters. The Hall–Kier alpha value is -1.79. The van der Waals surface area contributed by atoms with Crippen molar-refractivity contribution in [2.24, 2.45) is 0 Å². The van der Waals surface area contributed by atoms with Crippen LogP contribution in [0, 0.1) is 11.3 Å². The maximum absolute atomic E-state index is 9.17. The summed E-state index contributed by atoms with van der Waals surface area (Å²) in [6.07, 6.45) is 3.27. The van der Waals surface area contributed by atoms with Gasteiger partial charge in [-0.2, -0.15) is 5.26 Å². The fraction of sp³-hybridized carbons (Fsp3) is 0.357. The van der Waals surface area contributed by atoms with Crippen molar-refractivity contribution in [3.8, 4) is 11.8 Å². The SMILES string of the molecule is C=CCNC(C)(C#N)CCc1ccc(O)cc1. The van der Waals surface area contributed by atoms with Crippen LogP contribution in [-0.4, -0.2) is 17.2 Å². The molecule has 1 aromatic rings. The number of phenolic OH excluding ortho intramolecular Hbond substituents is 1. The highest BCUT2D eigenvalue weighted by molar-refractivity contribution is 5.26. The van der Waals surface area contributed by atoms with Gasteiger partial charge < -0.3 is 5.11 Å². The molecule has 0 aliphatic carbocycles. The Morgan fingerprint density at radius 2 is 2.12 bits per heavy atom. The van der Waals surface area contributed by atoms with Gasteiger partial charge in [-0.1, -0.05) is 18.2 Å². The van der Waals surface area contributed by atoms with Gasteiger partial charge in [0.2, 0.25) is 0 Å². The van der Waals surface area contributed by atoms with Crippen LogP contribution in [0.2, 0.25) is 0 Å². The summed E-state index contributed by atoms with van der Waals surface area (Å²) in [5.41, 5.74) is 0.580. The van der Waals surface area contributed by atoms with Gasteiger partial charge in [-0.15, -0.1) is 6.58 Å². The molecule has 3 nitrogen and oxygen atoms in total. The van der Waals surface area contributed by atoms with Crippen LogP contribution < -0.4 is 5.32 Å². The first kappa shape index (κ1) is 13.3. The predicted molar refractivity (Wildman–Crippen MR) is 68.6 cm³/mol. The van der Waals surface area contributed by atoms with E-state index in [0.717, 1.165) is 18.4 Å². The van der Waals surface area contributed by atoms with Gasteiger partial charge in [0.15, 0.2) is 0 Å². The van der Waals surface area contributed by atoms with Gasteiger partial charge >= 0.3 is 0 Å². The molecular formula is C14H18N2O. The lowest BCUT2D eigenvalue weighted by Crippen LogP contribution is -2.41. The Balaban J connectivity index is 2.55. The van der Waals surface area contributed by atoms with E-state index in [1.165, 1.54) is 0 Å². The predicted octanol–water partition coefficient (Wildman–Crippen LogP) is 2.38. The normalized spacial score (nSPS) is 13.6. The molecule has 0 saturated carbocycles. The topological polar surface area (TPSA) is 56.0 Å². The number of benzene rings is 1. The summed E-state index contributed by atoms with van der Waals surface area (Å²) in [6, 6.07) is 9.36. The first-order valence-corrected chi connectivity index (χ1v) is 5.65. The van der Waals surface area contributed by atoms with Crippen LogP contribution in [0.15, 0.2) is 36.9 Å². The molecule has 90 valence electrons. The molecule has 0 spiro atoms. The van der Waals surface area contributed by atoms with E-state index >= 15 is 0 Å². The Morgan fingerprint density at radius 3 is 2.65 bits per heavy atom. The van der Waals surface area contributed by atoms with Crippen molar-refractivity contribution in [1.29, 1.82) is 5.26 Å². The smallest absolute Gasteiger partial charge is 0.115 e. The Bertz CT molecular complexity index is 405. The molecule has 0 aromatic heterocycles. The van der Waals surface area contributed by atoms with E-state index in [4.69, 9.17) is 5.26 Å². The lowest BCUT2D eigenvalue weighted by molar-refractivity contribution is 0.438. The maximum atomic E-state index is 9.17. The van der Waals surface area contributed by atoms with E-state index in [2.05, 4.69) is 18.0 Å². The average Bonchev–Trinajstić information content (AvgIpc) is 2.36. The Kier molecular flexibility index (Phi) is 4.74. The molecule has 17 heavy (non-hydrogen) atoms. The van der Waals surface area contributed by atoms with Crippen LogP contribution in [0.3, 0.4) is 0 Å². The molecule has 2 N–H and O–H groups in total. The highest BCUT2D eigenvalue weighted by atomic mass is 16.3. The van der Waals surface area contributed by atoms with Crippen LogP contribution in [0.25, 0.3) is 0 Å². The van der Waals surface area contributed by atoms with Crippen molar-refractivity contribution < 1.29 is 5.11 Å². The molecule has 0 saturated heterocycles. The standard InChI is InChI=1S/C14H18N2O/c1-3-10-16-14(2,11-15)9-8-12-4-6-13(17)7-5-12/h3-7,16-17H,1,8-10H2,2H3. The van der Waals surface area contributed by atoms with Crippen LogP contribution >= 0.6 is 0 Å². The third-order valence-electron chi connectivity index (χ3n) is 2.73. The third-order valence-corrected chi connectivity index (χ3v) is 2.73. The number of rotatable bonds is 6. The monoisotopic (exact) mass is 230 g/mol. The minimum atomic E-state index is -0.536. The molecule has 0 aliphatic rings. The van der Waals surface area contributed by atoms with Gasteiger partial charge in [-0.25, -0.2) is 0 Å². The van der Waals surface area contributed by atoms with E-state index < -0.39 is 5.54 Å². The zero-order valence-corrected chi connectivity index (χ0v) is 10.1. The van der Waals surface area contributed by atoms with Gasteiger partial charge in [-0.05, 0) is 37.5 Å². The van der Waals surface area contributed by atoms with Crippen LogP contribution in [0.4, 0.5) is 0 Å². The average molecular weight is 230 g/mol. The zero-order valence-electron chi connectivity index (χ0n) is 10.1. The van der Waals surface area contributed by atoms with E-state index in [0.29, 0.717) is 6.54 Å². The number of aryl methyl sites for hydroxylation is 1. The lowest BCUT2D eigenvalue weighted by atomic mass is 9.94. The summed E-state index contributed by atoms with van der Waals surface area (Å²) >= 11 is 0. The number of nitrogens with zero attached hydrogens (tertiary/aromatic N) is 1. The molecule has 1 aromatic carbocycles. The summed E-state index contributed by atoms with van der Waals surface area (Å²) in [7, 11) is 0. The summed E-state index contributed by atoms with van der Waals surface area (Å²) in [5.74, 6) is 0.265. The Labute approximate surface area is 102 Å². The van der Waals surface area contributed by atoms with Crippen molar-refractivity contribution in [2.45, 2.75) is 25.3 Å². The lowest BCUT2D eigenvalue weighted by Gasteiger charge is -2.22. The van der Waals surface area contributed by atoms with E-state index in [1.54, 1.807) is 18.2 Å². The molecule has 0 aliphatic heterocycles. The third kappa shape index (κ3) is 4.29. The molecule has 1 atom stereocenters. The van der Waals surface area contributed by atoms with Gasteiger partial charge in [0.25, 0.3) is 0 Å². The summed E-state index contributed by atoms with van der Waals surface area (Å²) < 4.78 is 0. The summed E-state index contributed by atoms with van der Waals surface area (Å²) in [5, 5.41) is 21.5. The second-order valence-corrected chi connectivity index (χ2v) is 4.28. The highest BCUT2D eigenvalue weighted by Gasteiger charge is 2.21. The summed E-state index contributed by atoms with van der Waals surface area (Å²) in [6.45, 7) is 6.14. The van der Waals surface area contributed by atoms with Gasteiger partial charge in [0.1, 0.15) is 11.3 Å². The number of hydrogen-bond acceptors (Lipinski definition) is 3. The molecular weight excluding hydrogens is 212 g/mol. The Morgan fingerprint density at radius 1 is 1.47 bits per heavy atom. The van der Waals surface area contributed by atoms with Crippen molar-refractivity contribution in [2.75, 3.05) is 6.54 Å². The number of aromatic hydroxyl groups is 1. The van der Waals surface area contributed by atoms with Crippen molar-refractivity contribution in [1.82, 2.24) is 5.32 Å². The van der Waals surface area contributed by atoms with Gasteiger partial charge in [0.05, 0.1) is 6.07 Å². The molecule has 3 heteroatoms. The fourth-order valence-corrected chi connectivity index (χ4v) is 1.54. The maximum Gasteiger partial charge on any atom is 0.115 e. The van der Waals surface area contributed by atoms with E-state index in [9.17, 15) is 5.11 Å². The molecule has 0 bridgehead atoms. The number of nitriles is 1. The van der Waals surface area contributed by atoms with E-state index in [1.807, 2.05) is 19.1 Å². The number of hydrogen-bond donors (Lipinski definition) is 2. The number of nitrogens with one attached hydrogen (secondary N) is 1. The van der Waals surface area contributed by atoms with Gasteiger partial charge in [0, 0.05) is 6.54 Å². The molecule has 0 heterocycles. The van der Waals surface area contributed by atoms with Crippen LogP contribution in [-0.2, 0) is 6.42 Å². The second-order valence-electron chi connectivity index (χ2n) is 4.28. The van der Waals surface area contributed by atoms with E-state index in [-0.39, 0.29) is 5.75 Å². The fourth-order valence-electron chi connectivity index (χ4n) is 1.54. The quantitative estimate of drug-likeness (QED) is 0.738. The van der Waals surface area contributed by atoms with Crippen molar-refractivity contribution >= 4 is 0 Å². The number of phenols is 1. The van der Waals surface area contributed by atoms with Crippen molar-refractivity contribution in [3.05, 3.63) is 42.5 Å². The van der Waals surface area contributed by atoms with Crippen LogP contribution in [0.5, 0.6) is 5.75 Å². The van der Waals surface area contributed by atoms with Crippen molar-refractivity contribution in [3.63, 3.8) is 0 Å². The summed E-state index contributed by atoms with van der Waals surface area (Å²) in [4.78, 5) is 0. The first-order valence-electron chi connectivity index (χ1n) is 5.65. The molecule has 1 rings (SSSR count). The molecule has 0 radical (unpaired) electrons.